The van der Waals surface area contributed by atoms with Crippen LogP contribution in [0.4, 0.5) is 4.39 Å². The molecule has 0 aliphatic rings. The van der Waals surface area contributed by atoms with Crippen LogP contribution in [0, 0.1) is 12.7 Å². The van der Waals surface area contributed by atoms with Gasteiger partial charge in [0.25, 0.3) is 0 Å². The van der Waals surface area contributed by atoms with E-state index >= 15 is 0 Å². The maximum Gasteiger partial charge on any atom is 0.339 e. The van der Waals surface area contributed by atoms with E-state index < -0.39 is 11.6 Å². The molecule has 0 spiro atoms. The second kappa shape index (κ2) is 5.68. The van der Waals surface area contributed by atoms with E-state index in [9.17, 15) is 9.18 Å². The molecule has 0 aliphatic heterocycles. The fourth-order valence-electron chi connectivity index (χ4n) is 2.01. The van der Waals surface area contributed by atoms with Crippen LogP contribution in [0.3, 0.4) is 0 Å². The molecule has 2 aromatic rings. The highest BCUT2D eigenvalue weighted by atomic mass is 19.1. The topological polar surface area (TPSA) is 26.3 Å². The van der Waals surface area contributed by atoms with Crippen molar-refractivity contribution in [3.05, 3.63) is 59.4 Å². The number of benzene rings is 2. The van der Waals surface area contributed by atoms with E-state index in [-0.39, 0.29) is 5.82 Å². The summed E-state index contributed by atoms with van der Waals surface area (Å²) in [5.74, 6) is -0.689. The Morgan fingerprint density at radius 3 is 2.38 bits per heavy atom. The third-order valence-corrected chi connectivity index (χ3v) is 3.03. The van der Waals surface area contributed by atoms with Gasteiger partial charge in [0.2, 0.25) is 0 Å². The molecule has 2 nitrogen and oxygen atoms in total. The van der Waals surface area contributed by atoms with E-state index in [4.69, 9.17) is 4.74 Å². The van der Waals surface area contributed by atoms with Crippen LogP contribution in [-0.4, -0.2) is 11.6 Å². The lowest BCUT2D eigenvalue weighted by atomic mass is 9.98. The van der Waals surface area contributed by atoms with Gasteiger partial charge in [-0.15, -0.1) is 0 Å². The Hall–Kier alpha value is -2.16. The number of halogens is 1. The van der Waals surface area contributed by atoms with Gasteiger partial charge < -0.3 is 4.74 Å². The monoisotopic (exact) mass is 286 g/mol. The number of aryl methyl sites for hydroxylation is 1. The minimum absolute atomic E-state index is 0.286. The largest absolute Gasteiger partial charge is 0.456 e. The van der Waals surface area contributed by atoms with Crippen molar-refractivity contribution in [3.8, 4) is 11.1 Å². The fraction of sp³-hybridized carbons (Fsp3) is 0.278. The Labute approximate surface area is 124 Å². The van der Waals surface area contributed by atoms with Gasteiger partial charge in [-0.05, 0) is 56.5 Å². The average molecular weight is 286 g/mol. The van der Waals surface area contributed by atoms with Gasteiger partial charge in [0.05, 0.1) is 5.56 Å². The van der Waals surface area contributed by atoms with Gasteiger partial charge in [0, 0.05) is 0 Å². The predicted molar refractivity (Wildman–Crippen MR) is 81.7 cm³/mol. The average Bonchev–Trinajstić information content (AvgIpc) is 2.40. The Bertz CT molecular complexity index is 669. The molecule has 0 saturated carbocycles. The first kappa shape index (κ1) is 15.2. The number of hydrogen-bond acceptors (Lipinski definition) is 2. The second-order valence-corrected chi connectivity index (χ2v) is 6.01. The van der Waals surface area contributed by atoms with Crippen molar-refractivity contribution in [3.63, 3.8) is 0 Å². The molecule has 0 aliphatic carbocycles. The predicted octanol–water partition coefficient (Wildman–Crippen LogP) is 4.76. The lowest BCUT2D eigenvalue weighted by Crippen LogP contribution is -2.24. The summed E-state index contributed by atoms with van der Waals surface area (Å²) in [6.07, 6.45) is 0. The summed E-state index contributed by atoms with van der Waals surface area (Å²) in [6.45, 7) is 7.16. The summed E-state index contributed by atoms with van der Waals surface area (Å²) >= 11 is 0. The Morgan fingerprint density at radius 2 is 1.76 bits per heavy atom. The summed E-state index contributed by atoms with van der Waals surface area (Å²) in [5.41, 5.74) is 1.79. The minimum atomic E-state index is -0.567. The molecular weight excluding hydrogens is 267 g/mol. The van der Waals surface area contributed by atoms with Crippen molar-refractivity contribution in [1.82, 2.24) is 0 Å². The molecule has 0 heterocycles. The molecule has 0 fully saturated rings. The molecule has 0 aromatic heterocycles. The number of hydrogen-bond donors (Lipinski definition) is 0. The number of rotatable bonds is 2. The number of ether oxygens (including phenoxy) is 1. The molecule has 0 radical (unpaired) electrons. The number of carbonyl (C=O) groups is 1. The van der Waals surface area contributed by atoms with E-state index in [0.717, 1.165) is 0 Å². The quantitative estimate of drug-likeness (QED) is 0.744. The van der Waals surface area contributed by atoms with E-state index in [1.165, 1.54) is 6.07 Å². The summed E-state index contributed by atoms with van der Waals surface area (Å²) in [5, 5.41) is 0. The first-order valence-corrected chi connectivity index (χ1v) is 6.87. The highest BCUT2D eigenvalue weighted by molar-refractivity contribution is 5.97. The summed E-state index contributed by atoms with van der Waals surface area (Å²) in [4.78, 5) is 12.3. The maximum atomic E-state index is 13.8. The summed E-state index contributed by atoms with van der Waals surface area (Å²) in [6, 6.07) is 12.0. The van der Waals surface area contributed by atoms with Gasteiger partial charge in [-0.25, -0.2) is 9.18 Å². The Balaban J connectivity index is 2.46. The normalized spacial score (nSPS) is 11.3. The maximum absolute atomic E-state index is 13.8. The van der Waals surface area contributed by atoms with Gasteiger partial charge in [-0.3, -0.25) is 0 Å². The molecule has 0 unspecified atom stereocenters. The van der Waals surface area contributed by atoms with Gasteiger partial charge in [-0.2, -0.15) is 0 Å². The summed E-state index contributed by atoms with van der Waals surface area (Å²) in [7, 11) is 0. The molecule has 3 heteroatoms. The van der Waals surface area contributed by atoms with Gasteiger partial charge in [-0.1, -0.05) is 30.3 Å². The van der Waals surface area contributed by atoms with Crippen LogP contribution >= 0.6 is 0 Å². The molecule has 0 saturated heterocycles. The first-order valence-electron chi connectivity index (χ1n) is 6.87. The highest BCUT2D eigenvalue weighted by Gasteiger charge is 2.20. The molecule has 110 valence electrons. The van der Waals surface area contributed by atoms with E-state index in [1.54, 1.807) is 31.2 Å². The third kappa shape index (κ3) is 3.69. The first-order chi connectivity index (χ1) is 9.78. The highest BCUT2D eigenvalue weighted by Crippen LogP contribution is 2.27. The van der Waals surface area contributed by atoms with Crippen LogP contribution < -0.4 is 0 Å². The fourth-order valence-corrected chi connectivity index (χ4v) is 2.01. The minimum Gasteiger partial charge on any atom is -0.456 e. The number of esters is 1. The number of carbonyl (C=O) groups excluding carboxylic acids is 1. The standard InChI is InChI=1S/C18H19FO2/c1-12-9-10-13(11-16(12)19)14-7-5-6-8-15(14)17(20)21-18(2,3)4/h5-11H,1-4H3. The van der Waals surface area contributed by atoms with Crippen molar-refractivity contribution >= 4 is 5.97 Å². The molecule has 2 aromatic carbocycles. The van der Waals surface area contributed by atoms with E-state index in [0.29, 0.717) is 22.3 Å². The van der Waals surface area contributed by atoms with Gasteiger partial charge >= 0.3 is 5.97 Å². The summed E-state index contributed by atoms with van der Waals surface area (Å²) < 4.78 is 19.2. The SMILES string of the molecule is Cc1ccc(-c2ccccc2C(=O)OC(C)(C)C)cc1F. The van der Waals surface area contributed by atoms with Crippen LogP contribution in [0.2, 0.25) is 0 Å². The van der Waals surface area contributed by atoms with Crippen LogP contribution in [0.15, 0.2) is 42.5 Å². The molecule has 0 N–H and O–H groups in total. The molecule has 0 atom stereocenters. The molecule has 0 bridgehead atoms. The lowest BCUT2D eigenvalue weighted by molar-refractivity contribution is 0.00704. The zero-order valence-electron chi connectivity index (χ0n) is 12.7. The molecular formula is C18H19FO2. The van der Waals surface area contributed by atoms with Crippen molar-refractivity contribution in [1.29, 1.82) is 0 Å². The van der Waals surface area contributed by atoms with Crippen LogP contribution in [-0.2, 0) is 4.74 Å². The lowest BCUT2D eigenvalue weighted by Gasteiger charge is -2.20. The van der Waals surface area contributed by atoms with Crippen LogP contribution in [0.25, 0.3) is 11.1 Å². The Kier molecular flexibility index (Phi) is 4.12. The van der Waals surface area contributed by atoms with E-state index in [2.05, 4.69) is 0 Å². The van der Waals surface area contributed by atoms with Crippen molar-refractivity contribution in [2.24, 2.45) is 0 Å². The van der Waals surface area contributed by atoms with Gasteiger partial charge in [0.1, 0.15) is 11.4 Å². The van der Waals surface area contributed by atoms with Crippen LogP contribution in [0.1, 0.15) is 36.7 Å². The van der Waals surface area contributed by atoms with Crippen molar-refractivity contribution in [2.75, 3.05) is 0 Å². The zero-order chi connectivity index (χ0) is 15.6. The van der Waals surface area contributed by atoms with Gasteiger partial charge in [0.15, 0.2) is 0 Å². The molecule has 2 rings (SSSR count). The van der Waals surface area contributed by atoms with Crippen molar-refractivity contribution in [2.45, 2.75) is 33.3 Å². The molecule has 0 amide bonds. The Morgan fingerprint density at radius 1 is 1.10 bits per heavy atom. The van der Waals surface area contributed by atoms with Crippen molar-refractivity contribution < 1.29 is 13.9 Å². The zero-order valence-corrected chi connectivity index (χ0v) is 12.7. The van der Waals surface area contributed by atoms with E-state index in [1.807, 2.05) is 32.9 Å². The second-order valence-electron chi connectivity index (χ2n) is 6.01. The molecule has 21 heavy (non-hydrogen) atoms. The smallest absolute Gasteiger partial charge is 0.339 e. The third-order valence-electron chi connectivity index (χ3n) is 3.03. The van der Waals surface area contributed by atoms with Crippen LogP contribution in [0.5, 0.6) is 0 Å².